The normalized spacial score (nSPS) is 11.4. The highest BCUT2D eigenvalue weighted by Gasteiger charge is 2.23. The van der Waals surface area contributed by atoms with E-state index in [4.69, 9.17) is 0 Å². The first-order valence-electron chi connectivity index (χ1n) is 11.1. The van der Waals surface area contributed by atoms with E-state index < -0.39 is 14.9 Å². The molecule has 0 aliphatic heterocycles. The Morgan fingerprint density at radius 3 is 2.17 bits per heavy atom. The Labute approximate surface area is 209 Å². The number of nitrogens with one attached hydrogen (secondary N) is 2. The second kappa shape index (κ2) is 10.4. The number of nitrogens with zero attached hydrogens (tertiary/aromatic N) is 2. The molecule has 9 heteroatoms. The van der Waals surface area contributed by atoms with Crippen LogP contribution in [0.3, 0.4) is 0 Å². The minimum Gasteiger partial charge on any atom is -0.279 e. The van der Waals surface area contributed by atoms with Gasteiger partial charge in [-0.3, -0.25) is 20.3 Å². The summed E-state index contributed by atoms with van der Waals surface area (Å²) in [7, 11) is -4.16. The van der Waals surface area contributed by atoms with Gasteiger partial charge in [-0.25, -0.2) is 8.42 Å². The van der Waals surface area contributed by atoms with Gasteiger partial charge >= 0.3 is 0 Å². The third-order valence-electron chi connectivity index (χ3n) is 5.51. The van der Waals surface area contributed by atoms with E-state index in [2.05, 4.69) is 15.2 Å². The molecule has 36 heavy (non-hydrogen) atoms. The summed E-state index contributed by atoms with van der Waals surface area (Å²) in [6, 6.07) is 26.5. The second-order valence-corrected chi connectivity index (χ2v) is 9.87. The van der Waals surface area contributed by atoms with Crippen molar-refractivity contribution in [3.8, 4) is 11.1 Å². The maximum Gasteiger partial charge on any atom is 0.270 e. The zero-order valence-electron chi connectivity index (χ0n) is 19.7. The van der Waals surface area contributed by atoms with E-state index in [0.29, 0.717) is 5.69 Å². The third-order valence-corrected chi connectivity index (χ3v) is 6.91. The predicted octanol–water partition coefficient (Wildman–Crippen LogP) is 6.13. The molecule has 4 rings (SSSR count). The Morgan fingerprint density at radius 1 is 0.833 bits per heavy atom. The first kappa shape index (κ1) is 24.6. The van der Waals surface area contributed by atoms with E-state index >= 15 is 0 Å². The molecule has 0 radical (unpaired) electrons. The highest BCUT2D eigenvalue weighted by atomic mass is 32.2. The lowest BCUT2D eigenvalue weighted by Gasteiger charge is -2.14. The minimum atomic E-state index is -4.16. The number of hydrogen-bond donors (Lipinski definition) is 2. The Bertz CT molecular complexity index is 1530. The van der Waals surface area contributed by atoms with Crippen LogP contribution in [-0.2, 0) is 10.0 Å². The molecule has 4 aromatic rings. The Hall–Kier alpha value is -4.50. The van der Waals surface area contributed by atoms with Gasteiger partial charge in [0.15, 0.2) is 0 Å². The fourth-order valence-electron chi connectivity index (χ4n) is 3.64. The number of anilines is 2. The topological polar surface area (TPSA) is 114 Å². The summed E-state index contributed by atoms with van der Waals surface area (Å²) in [4.78, 5) is 10.4. The number of non-ortho nitro benzene ring substituents is 1. The zero-order chi connectivity index (χ0) is 25.7. The minimum absolute atomic E-state index is 0.107. The van der Waals surface area contributed by atoms with Crippen molar-refractivity contribution in [2.75, 3.05) is 10.1 Å². The van der Waals surface area contributed by atoms with Crippen molar-refractivity contribution < 1.29 is 13.3 Å². The van der Waals surface area contributed by atoms with E-state index in [1.165, 1.54) is 12.1 Å². The molecule has 182 valence electrons. The van der Waals surface area contributed by atoms with Crippen LogP contribution in [0.2, 0.25) is 0 Å². The monoisotopic (exact) mass is 500 g/mol. The number of hydrazone groups is 1. The molecule has 0 aromatic heterocycles. The molecule has 0 saturated carbocycles. The average molecular weight is 501 g/mol. The van der Waals surface area contributed by atoms with E-state index in [1.54, 1.807) is 25.3 Å². The SMILES string of the molecule is Cc1ccc(NS(=O)(=O)c2cc([N+](=O)[O-])ccc2N/N=C\c2ccc(-c3ccccc3)cc2)c(C)c1. The van der Waals surface area contributed by atoms with Crippen molar-refractivity contribution in [3.63, 3.8) is 0 Å². The van der Waals surface area contributed by atoms with Crippen LogP contribution in [0.5, 0.6) is 0 Å². The summed E-state index contributed by atoms with van der Waals surface area (Å²) in [6.45, 7) is 3.69. The third kappa shape index (κ3) is 5.76. The molecule has 0 atom stereocenters. The summed E-state index contributed by atoms with van der Waals surface area (Å²) in [5, 5.41) is 15.5. The Morgan fingerprint density at radius 2 is 1.50 bits per heavy atom. The van der Waals surface area contributed by atoms with Crippen molar-refractivity contribution in [1.82, 2.24) is 0 Å². The van der Waals surface area contributed by atoms with Crippen molar-refractivity contribution in [2.45, 2.75) is 18.7 Å². The van der Waals surface area contributed by atoms with Gasteiger partial charge in [-0.05, 0) is 48.2 Å². The summed E-state index contributed by atoms with van der Waals surface area (Å²) >= 11 is 0. The molecule has 8 nitrogen and oxygen atoms in total. The standard InChI is InChI=1S/C27H24N4O4S/c1-19-8-14-25(20(2)16-19)30-36(34,35)27-17-24(31(32)33)13-15-26(27)29-28-18-21-9-11-23(12-10-21)22-6-4-3-5-7-22/h3-18,29-30H,1-2H3/b28-18-. The van der Waals surface area contributed by atoms with E-state index in [1.807, 2.05) is 67.6 Å². The zero-order valence-corrected chi connectivity index (χ0v) is 20.5. The molecule has 0 fully saturated rings. The van der Waals surface area contributed by atoms with Crippen LogP contribution in [0.15, 0.2) is 101 Å². The lowest BCUT2D eigenvalue weighted by atomic mass is 10.0. The van der Waals surface area contributed by atoms with Crippen LogP contribution in [0.25, 0.3) is 11.1 Å². The molecule has 2 N–H and O–H groups in total. The fourth-order valence-corrected chi connectivity index (χ4v) is 4.94. The molecular formula is C27H24N4O4S. The first-order chi connectivity index (χ1) is 17.2. The number of nitro benzene ring substituents is 1. The average Bonchev–Trinajstić information content (AvgIpc) is 2.86. The summed E-state index contributed by atoms with van der Waals surface area (Å²) < 4.78 is 29.0. The van der Waals surface area contributed by atoms with Gasteiger partial charge in [0.2, 0.25) is 0 Å². The van der Waals surface area contributed by atoms with Crippen LogP contribution >= 0.6 is 0 Å². The molecule has 0 unspecified atom stereocenters. The van der Waals surface area contributed by atoms with Crippen LogP contribution in [0, 0.1) is 24.0 Å². The second-order valence-electron chi connectivity index (χ2n) is 8.22. The van der Waals surface area contributed by atoms with Gasteiger partial charge in [-0.2, -0.15) is 5.10 Å². The molecular weight excluding hydrogens is 476 g/mol. The summed E-state index contributed by atoms with van der Waals surface area (Å²) in [6.07, 6.45) is 1.55. The van der Waals surface area contributed by atoms with Crippen molar-refractivity contribution >= 4 is 33.3 Å². The summed E-state index contributed by atoms with van der Waals surface area (Å²) in [5.74, 6) is 0. The number of benzene rings is 4. The number of sulfonamides is 1. The van der Waals surface area contributed by atoms with Gasteiger partial charge < -0.3 is 0 Å². The molecule has 0 aliphatic rings. The van der Waals surface area contributed by atoms with Crippen molar-refractivity contribution in [1.29, 1.82) is 0 Å². The van der Waals surface area contributed by atoms with Crippen LogP contribution < -0.4 is 10.1 Å². The van der Waals surface area contributed by atoms with E-state index in [0.717, 1.165) is 33.9 Å². The van der Waals surface area contributed by atoms with Crippen molar-refractivity contribution in [3.05, 3.63) is 118 Å². The molecule has 4 aromatic carbocycles. The van der Waals surface area contributed by atoms with E-state index in [-0.39, 0.29) is 16.3 Å². The first-order valence-corrected chi connectivity index (χ1v) is 12.5. The lowest BCUT2D eigenvalue weighted by Crippen LogP contribution is -2.16. The Balaban J connectivity index is 1.59. The number of rotatable bonds is 8. The van der Waals surface area contributed by atoms with Gasteiger partial charge in [0.1, 0.15) is 4.90 Å². The smallest absolute Gasteiger partial charge is 0.270 e. The van der Waals surface area contributed by atoms with Crippen LogP contribution in [-0.4, -0.2) is 19.6 Å². The van der Waals surface area contributed by atoms with Crippen molar-refractivity contribution in [2.24, 2.45) is 5.10 Å². The molecule has 0 bridgehead atoms. The van der Waals surface area contributed by atoms with Crippen LogP contribution in [0.1, 0.15) is 16.7 Å². The fraction of sp³-hybridized carbons (Fsp3) is 0.0741. The molecule has 0 amide bonds. The van der Waals surface area contributed by atoms with Crippen LogP contribution in [0.4, 0.5) is 17.1 Å². The number of hydrogen-bond acceptors (Lipinski definition) is 6. The largest absolute Gasteiger partial charge is 0.279 e. The highest BCUT2D eigenvalue weighted by molar-refractivity contribution is 7.92. The lowest BCUT2D eigenvalue weighted by molar-refractivity contribution is -0.385. The molecule has 0 aliphatic carbocycles. The van der Waals surface area contributed by atoms with Gasteiger partial charge in [0.05, 0.1) is 22.5 Å². The Kier molecular flexibility index (Phi) is 7.12. The maximum absolute atomic E-state index is 13.2. The van der Waals surface area contributed by atoms with Gasteiger partial charge in [-0.1, -0.05) is 72.3 Å². The molecule has 0 spiro atoms. The predicted molar refractivity (Wildman–Crippen MR) is 143 cm³/mol. The van der Waals surface area contributed by atoms with Gasteiger partial charge in [-0.15, -0.1) is 0 Å². The molecule has 0 saturated heterocycles. The maximum atomic E-state index is 13.2. The van der Waals surface area contributed by atoms with Gasteiger partial charge in [0.25, 0.3) is 15.7 Å². The van der Waals surface area contributed by atoms with Gasteiger partial charge in [0, 0.05) is 12.1 Å². The molecule has 0 heterocycles. The number of aryl methyl sites for hydroxylation is 2. The van der Waals surface area contributed by atoms with E-state index in [9.17, 15) is 18.5 Å². The summed E-state index contributed by atoms with van der Waals surface area (Å²) in [5.41, 5.74) is 7.53. The number of nitro groups is 1. The highest BCUT2D eigenvalue weighted by Crippen LogP contribution is 2.29. The quantitative estimate of drug-likeness (QED) is 0.172.